The van der Waals surface area contributed by atoms with Crippen molar-refractivity contribution in [2.75, 3.05) is 6.61 Å². The molecule has 10 atom stereocenters. The number of ketones is 1. The highest BCUT2D eigenvalue weighted by molar-refractivity contribution is 5.91. The third kappa shape index (κ3) is 1.93. The quantitative estimate of drug-likeness (QED) is 0.750. The predicted octanol–water partition coefficient (Wildman–Crippen LogP) is 3.51. The van der Waals surface area contributed by atoms with Crippen LogP contribution in [0.15, 0.2) is 23.8 Å². The van der Waals surface area contributed by atoms with Gasteiger partial charge >= 0.3 is 0 Å². The topological polar surface area (TPSA) is 57.5 Å². The van der Waals surface area contributed by atoms with Gasteiger partial charge in [0.2, 0.25) is 0 Å². The Hall–Kier alpha value is -0.930. The number of aliphatic hydroxyl groups is 2. The fourth-order valence-electron chi connectivity index (χ4n) is 9.03. The Labute approximate surface area is 161 Å². The van der Waals surface area contributed by atoms with Crippen molar-refractivity contribution in [2.24, 2.45) is 52.8 Å². The lowest BCUT2D eigenvalue weighted by Crippen LogP contribution is -2.56. The first kappa shape index (κ1) is 17.0. The van der Waals surface area contributed by atoms with E-state index in [2.05, 4.69) is 6.92 Å². The van der Waals surface area contributed by atoms with Crippen molar-refractivity contribution < 1.29 is 15.0 Å². The monoisotopic (exact) mass is 368 g/mol. The molecule has 6 rings (SSSR count). The largest absolute Gasteiger partial charge is 0.392 e. The summed E-state index contributed by atoms with van der Waals surface area (Å²) < 4.78 is 0. The van der Waals surface area contributed by atoms with Crippen LogP contribution in [0.5, 0.6) is 0 Å². The van der Waals surface area contributed by atoms with E-state index in [9.17, 15) is 15.0 Å². The van der Waals surface area contributed by atoms with Gasteiger partial charge in [-0.1, -0.05) is 24.6 Å². The highest BCUT2D eigenvalue weighted by Gasteiger charge is 2.78. The third-order valence-electron chi connectivity index (χ3n) is 9.98. The van der Waals surface area contributed by atoms with Gasteiger partial charge in [0, 0.05) is 11.8 Å². The molecule has 5 saturated carbocycles. The smallest absolute Gasteiger partial charge is 0.155 e. The van der Waals surface area contributed by atoms with E-state index in [0.717, 1.165) is 43.4 Å². The van der Waals surface area contributed by atoms with Gasteiger partial charge in [-0.2, -0.15) is 0 Å². The summed E-state index contributed by atoms with van der Waals surface area (Å²) in [6.45, 7) is 2.30. The van der Waals surface area contributed by atoms with Crippen molar-refractivity contribution in [3.63, 3.8) is 0 Å². The van der Waals surface area contributed by atoms with Crippen LogP contribution in [0, 0.1) is 52.8 Å². The van der Waals surface area contributed by atoms with Crippen molar-refractivity contribution in [1.82, 2.24) is 0 Å². The summed E-state index contributed by atoms with van der Waals surface area (Å²) in [6.07, 6.45) is 13.5. The van der Waals surface area contributed by atoms with Gasteiger partial charge < -0.3 is 10.2 Å². The number of carbonyl (C=O) groups excluding carboxylic acids is 1. The summed E-state index contributed by atoms with van der Waals surface area (Å²) >= 11 is 0. The van der Waals surface area contributed by atoms with Gasteiger partial charge in [-0.3, -0.25) is 4.79 Å². The van der Waals surface area contributed by atoms with Crippen LogP contribution in [0.3, 0.4) is 0 Å². The van der Waals surface area contributed by atoms with Crippen molar-refractivity contribution >= 4 is 5.78 Å². The Morgan fingerprint density at radius 3 is 2.81 bits per heavy atom. The first-order valence-electron chi connectivity index (χ1n) is 11.3. The molecule has 0 aromatic heterocycles. The number of fused-ring (bicyclic) bond motifs is 10. The van der Waals surface area contributed by atoms with Gasteiger partial charge in [0.25, 0.3) is 0 Å². The minimum atomic E-state index is -0.714. The average molecular weight is 369 g/mol. The molecule has 0 spiro atoms. The molecule has 6 aliphatic carbocycles. The second-order valence-corrected chi connectivity index (χ2v) is 10.5. The lowest BCUT2D eigenvalue weighted by atomic mass is 9.47. The number of hydrogen-bond acceptors (Lipinski definition) is 3. The molecule has 6 aliphatic rings. The Kier molecular flexibility index (Phi) is 3.37. The molecule has 0 amide bonds. The van der Waals surface area contributed by atoms with Crippen molar-refractivity contribution in [1.29, 1.82) is 0 Å². The Balaban J connectivity index is 1.41. The number of aliphatic hydroxyl groups excluding tert-OH is 1. The second kappa shape index (κ2) is 5.36. The number of hydrogen-bond donors (Lipinski definition) is 2. The van der Waals surface area contributed by atoms with Gasteiger partial charge in [0.05, 0.1) is 12.2 Å². The molecule has 3 heteroatoms. The summed E-state index contributed by atoms with van der Waals surface area (Å²) in [7, 11) is 0. The lowest BCUT2D eigenvalue weighted by Gasteiger charge is -2.58. The molecule has 0 aliphatic heterocycles. The van der Waals surface area contributed by atoms with E-state index in [1.807, 2.05) is 12.2 Å². The zero-order valence-electron chi connectivity index (χ0n) is 16.3. The minimum absolute atomic E-state index is 0.00621. The highest BCUT2D eigenvalue weighted by atomic mass is 16.3. The maximum absolute atomic E-state index is 12.0. The molecular formula is C24H32O3. The van der Waals surface area contributed by atoms with E-state index in [4.69, 9.17) is 0 Å². The number of rotatable bonds is 3. The summed E-state index contributed by atoms with van der Waals surface area (Å²) in [4.78, 5) is 12.0. The summed E-state index contributed by atoms with van der Waals surface area (Å²) in [5, 5.41) is 21.2. The summed E-state index contributed by atoms with van der Waals surface area (Å²) in [5.41, 5.74) is 0.808. The van der Waals surface area contributed by atoms with E-state index >= 15 is 0 Å². The van der Waals surface area contributed by atoms with Crippen LogP contribution < -0.4 is 0 Å². The van der Waals surface area contributed by atoms with Gasteiger partial charge in [-0.05, 0) is 91.9 Å². The standard InChI is InChI=1S/C24H32O3/c1-2-23-8-6-15-14-5-4-13(26)10-16(14)17-11-18(17)21(15)22(23)19-12-20(19)24(23,27)7-3-9-25/h3,7,10,14-15,17-22,25,27H,2,4-6,8-9,11-12H2,1H3/b7-3-/t14-,15?,17+,18+,19?,20+,21?,22?,23+,24+/m1/s1. The molecule has 0 radical (unpaired) electrons. The van der Waals surface area contributed by atoms with Crippen molar-refractivity contribution in [3.8, 4) is 0 Å². The van der Waals surface area contributed by atoms with Crippen molar-refractivity contribution in [3.05, 3.63) is 23.8 Å². The van der Waals surface area contributed by atoms with E-state index in [0.29, 0.717) is 35.4 Å². The van der Waals surface area contributed by atoms with Crippen LogP contribution in [-0.4, -0.2) is 28.2 Å². The molecule has 0 heterocycles. The molecule has 2 N–H and O–H groups in total. The molecule has 0 aromatic rings. The van der Waals surface area contributed by atoms with Gasteiger partial charge in [0.1, 0.15) is 0 Å². The first-order chi connectivity index (χ1) is 13.1. The first-order valence-corrected chi connectivity index (χ1v) is 11.3. The summed E-state index contributed by atoms with van der Waals surface area (Å²) in [5.74, 6) is 5.68. The highest BCUT2D eigenvalue weighted by Crippen LogP contribution is 2.80. The molecule has 0 saturated heterocycles. The molecule has 27 heavy (non-hydrogen) atoms. The molecule has 0 bridgehead atoms. The Bertz CT molecular complexity index is 753. The molecule has 4 unspecified atom stereocenters. The van der Waals surface area contributed by atoms with Gasteiger partial charge in [-0.15, -0.1) is 0 Å². The number of allylic oxidation sites excluding steroid dienone is 1. The predicted molar refractivity (Wildman–Crippen MR) is 103 cm³/mol. The maximum atomic E-state index is 12.0. The lowest BCUT2D eigenvalue weighted by molar-refractivity contribution is -0.130. The van der Waals surface area contributed by atoms with Crippen LogP contribution in [0.2, 0.25) is 0 Å². The van der Waals surface area contributed by atoms with Crippen LogP contribution in [0.25, 0.3) is 0 Å². The second-order valence-electron chi connectivity index (χ2n) is 10.5. The fraction of sp³-hybridized carbons (Fsp3) is 0.792. The van der Waals surface area contributed by atoms with Gasteiger partial charge in [0.15, 0.2) is 5.78 Å². The molecule has 5 fully saturated rings. The van der Waals surface area contributed by atoms with E-state index in [1.54, 1.807) is 6.08 Å². The zero-order chi connectivity index (χ0) is 18.6. The minimum Gasteiger partial charge on any atom is -0.392 e. The fourth-order valence-corrected chi connectivity index (χ4v) is 9.03. The summed E-state index contributed by atoms with van der Waals surface area (Å²) in [6, 6.07) is 0. The van der Waals surface area contributed by atoms with E-state index in [1.165, 1.54) is 24.8 Å². The van der Waals surface area contributed by atoms with Crippen molar-refractivity contribution in [2.45, 2.75) is 57.5 Å². The van der Waals surface area contributed by atoms with Crippen LogP contribution in [0.4, 0.5) is 0 Å². The Morgan fingerprint density at radius 1 is 1.19 bits per heavy atom. The Morgan fingerprint density at radius 2 is 2.04 bits per heavy atom. The van der Waals surface area contributed by atoms with E-state index in [-0.39, 0.29) is 12.0 Å². The van der Waals surface area contributed by atoms with E-state index < -0.39 is 5.60 Å². The molecule has 146 valence electrons. The average Bonchev–Trinajstić information content (AvgIpc) is 3.58. The number of carbonyl (C=O) groups is 1. The van der Waals surface area contributed by atoms with Gasteiger partial charge in [-0.25, -0.2) is 0 Å². The maximum Gasteiger partial charge on any atom is 0.155 e. The van der Waals surface area contributed by atoms with Crippen LogP contribution >= 0.6 is 0 Å². The zero-order valence-corrected chi connectivity index (χ0v) is 16.3. The van der Waals surface area contributed by atoms with Crippen LogP contribution in [-0.2, 0) is 4.79 Å². The normalized spacial score (nSPS) is 57.3. The molecular weight excluding hydrogens is 336 g/mol. The molecule has 0 aromatic carbocycles. The van der Waals surface area contributed by atoms with Crippen LogP contribution in [0.1, 0.15) is 51.9 Å². The SMILES string of the molecule is CC[C@]12CCC3C(C1C1C[C@@H]1[C@@]2(O)/C=C\CO)[C@H]1C[C@H]1C1=CC(=O)CC[C@@H]13. The molecule has 3 nitrogen and oxygen atoms in total. The third-order valence-corrected chi connectivity index (χ3v) is 9.98.